The van der Waals surface area contributed by atoms with Crippen molar-refractivity contribution in [3.05, 3.63) is 70.9 Å². The van der Waals surface area contributed by atoms with Crippen LogP contribution >= 0.6 is 0 Å². The summed E-state index contributed by atoms with van der Waals surface area (Å²) in [4.78, 5) is 20.3. The summed E-state index contributed by atoms with van der Waals surface area (Å²) >= 11 is 0. The Hall–Kier alpha value is -4.02. The number of piperidine rings is 1. The lowest BCUT2D eigenvalue weighted by atomic mass is 9.92. The molecule has 7 rings (SSSR count). The molecule has 49 heavy (non-hydrogen) atoms. The molecule has 1 saturated heterocycles. The average Bonchev–Trinajstić information content (AvgIpc) is 3.47. The predicted molar refractivity (Wildman–Crippen MR) is 186 cm³/mol. The van der Waals surface area contributed by atoms with E-state index in [-0.39, 0.29) is 23.0 Å². The molecule has 0 radical (unpaired) electrons. The Morgan fingerprint density at radius 1 is 1.08 bits per heavy atom. The van der Waals surface area contributed by atoms with Gasteiger partial charge >= 0.3 is 5.97 Å². The number of carbonyl (C=O) groups is 1. The van der Waals surface area contributed by atoms with Crippen LogP contribution in [-0.2, 0) is 14.3 Å². The number of imidazole rings is 1. The predicted octanol–water partition coefficient (Wildman–Crippen LogP) is 8.83. The van der Waals surface area contributed by atoms with Gasteiger partial charge in [0.05, 0.1) is 28.6 Å². The molecule has 0 unspecified atom stereocenters. The highest BCUT2D eigenvalue weighted by molar-refractivity contribution is 5.82. The van der Waals surface area contributed by atoms with Gasteiger partial charge < -0.3 is 24.2 Å². The first-order valence-electron chi connectivity index (χ1n) is 17.2. The number of aliphatic carboxylic acids is 1. The van der Waals surface area contributed by atoms with Gasteiger partial charge in [0.25, 0.3) is 0 Å². The quantitative estimate of drug-likeness (QED) is 0.232. The SMILES string of the molecule is Cc1c([C@H](OC(C)(C)C)C(=O)O)c2n3cc(nc3c1C)-c1cccc(c1)-c1c(F)cc(F)cc1O[C@@H](C)CCCCOC1(C)CCN2CC1. The van der Waals surface area contributed by atoms with Crippen molar-refractivity contribution >= 4 is 17.4 Å². The third kappa shape index (κ3) is 7.17. The molecule has 2 aromatic heterocycles. The van der Waals surface area contributed by atoms with E-state index in [2.05, 4.69) is 11.8 Å². The van der Waals surface area contributed by atoms with Gasteiger partial charge in [-0.2, -0.15) is 0 Å². The zero-order valence-electron chi connectivity index (χ0n) is 29.5. The number of carboxylic acid groups (broad SMARTS) is 1. The van der Waals surface area contributed by atoms with Gasteiger partial charge in [0.15, 0.2) is 6.10 Å². The van der Waals surface area contributed by atoms with Crippen LogP contribution in [0.1, 0.15) is 89.5 Å². The van der Waals surface area contributed by atoms with Gasteiger partial charge in [-0.15, -0.1) is 0 Å². The van der Waals surface area contributed by atoms with Gasteiger partial charge in [-0.25, -0.2) is 18.6 Å². The third-order valence-electron chi connectivity index (χ3n) is 9.80. The smallest absolute Gasteiger partial charge is 0.337 e. The van der Waals surface area contributed by atoms with E-state index < -0.39 is 29.3 Å². The van der Waals surface area contributed by atoms with E-state index in [1.807, 2.05) is 70.3 Å². The number of rotatable bonds is 3. The van der Waals surface area contributed by atoms with E-state index in [4.69, 9.17) is 19.2 Å². The van der Waals surface area contributed by atoms with Crippen molar-refractivity contribution in [3.63, 3.8) is 0 Å². The zero-order valence-corrected chi connectivity index (χ0v) is 29.5. The number of aromatic nitrogens is 2. The summed E-state index contributed by atoms with van der Waals surface area (Å²) in [5.41, 5.74) is 3.95. The molecule has 3 aliphatic rings. The van der Waals surface area contributed by atoms with Crippen molar-refractivity contribution in [3.8, 4) is 28.1 Å². The summed E-state index contributed by atoms with van der Waals surface area (Å²) in [6.07, 6.45) is 4.32. The molecule has 2 aromatic carbocycles. The van der Waals surface area contributed by atoms with Gasteiger partial charge in [0.1, 0.15) is 28.8 Å². The van der Waals surface area contributed by atoms with Crippen LogP contribution in [0.15, 0.2) is 42.6 Å². The Kier molecular flexibility index (Phi) is 9.50. The molecule has 8 nitrogen and oxygen atoms in total. The molecule has 4 aromatic rings. The van der Waals surface area contributed by atoms with Crippen LogP contribution in [0, 0.1) is 25.5 Å². The normalized spacial score (nSPS) is 21.0. The van der Waals surface area contributed by atoms with Crippen molar-refractivity contribution in [1.29, 1.82) is 0 Å². The second-order valence-electron chi connectivity index (χ2n) is 14.8. The number of anilines is 1. The minimum absolute atomic E-state index is 0.150. The number of fused-ring (bicyclic) bond motifs is 8. The lowest BCUT2D eigenvalue weighted by Crippen LogP contribution is -2.45. The number of aryl methyl sites for hydroxylation is 1. The number of carboxylic acids is 1. The third-order valence-corrected chi connectivity index (χ3v) is 9.80. The maximum Gasteiger partial charge on any atom is 0.337 e. The maximum atomic E-state index is 15.5. The van der Waals surface area contributed by atoms with Gasteiger partial charge in [-0.1, -0.05) is 18.2 Å². The first-order chi connectivity index (χ1) is 23.1. The van der Waals surface area contributed by atoms with Crippen molar-refractivity contribution in [2.45, 2.75) is 104 Å². The Balaban J connectivity index is 1.58. The van der Waals surface area contributed by atoms with Crippen LogP contribution in [0.25, 0.3) is 28.0 Å². The second-order valence-corrected chi connectivity index (χ2v) is 14.8. The Morgan fingerprint density at radius 2 is 1.80 bits per heavy atom. The fourth-order valence-corrected chi connectivity index (χ4v) is 7.06. The van der Waals surface area contributed by atoms with Crippen molar-refractivity contribution in [1.82, 2.24) is 9.38 Å². The number of ether oxygens (including phenoxy) is 3. The number of halogens is 2. The van der Waals surface area contributed by atoms with E-state index in [0.717, 1.165) is 54.3 Å². The van der Waals surface area contributed by atoms with Crippen LogP contribution in [-0.4, -0.2) is 57.5 Å². The van der Waals surface area contributed by atoms with Crippen molar-refractivity contribution in [2.75, 3.05) is 24.6 Å². The number of nitrogens with zero attached hydrogens (tertiary/aromatic N) is 3. The monoisotopic (exact) mass is 675 g/mol. The summed E-state index contributed by atoms with van der Waals surface area (Å²) < 4.78 is 51.0. The number of hydrogen-bond acceptors (Lipinski definition) is 6. The van der Waals surface area contributed by atoms with Crippen molar-refractivity contribution < 1.29 is 32.9 Å². The fourth-order valence-electron chi connectivity index (χ4n) is 7.06. The van der Waals surface area contributed by atoms with E-state index in [1.54, 1.807) is 6.07 Å². The van der Waals surface area contributed by atoms with Gasteiger partial charge in [-0.05, 0) is 103 Å². The Bertz CT molecular complexity index is 1870. The fraction of sp³-hybridized carbons (Fsp3) is 0.487. The molecule has 0 saturated carbocycles. The molecule has 3 aliphatic heterocycles. The first kappa shape index (κ1) is 34.8. The molecule has 0 amide bonds. The molecule has 0 aliphatic carbocycles. The number of benzene rings is 2. The molecule has 5 heterocycles. The summed E-state index contributed by atoms with van der Waals surface area (Å²) in [6, 6.07) is 9.46. The first-order valence-corrected chi connectivity index (χ1v) is 17.2. The average molecular weight is 676 g/mol. The minimum Gasteiger partial charge on any atom is -0.490 e. The molecule has 0 spiro atoms. The second kappa shape index (κ2) is 13.4. The van der Waals surface area contributed by atoms with Crippen molar-refractivity contribution in [2.24, 2.45) is 0 Å². The zero-order chi connectivity index (χ0) is 35.2. The van der Waals surface area contributed by atoms with Gasteiger partial charge in [-0.3, -0.25) is 4.40 Å². The maximum absolute atomic E-state index is 15.5. The molecule has 6 bridgehead atoms. The van der Waals surface area contributed by atoms with Crippen LogP contribution in [0.5, 0.6) is 5.75 Å². The topological polar surface area (TPSA) is 85.5 Å². The van der Waals surface area contributed by atoms with E-state index >= 15 is 4.39 Å². The largest absolute Gasteiger partial charge is 0.490 e. The van der Waals surface area contributed by atoms with Crippen LogP contribution in [0.2, 0.25) is 0 Å². The summed E-state index contributed by atoms with van der Waals surface area (Å²) in [6.45, 7) is 15.4. The molecule has 2 atom stereocenters. The van der Waals surface area contributed by atoms with E-state index in [1.165, 1.54) is 6.07 Å². The molecular weight excluding hydrogens is 628 g/mol. The lowest BCUT2D eigenvalue weighted by molar-refractivity contribution is -0.160. The highest BCUT2D eigenvalue weighted by Gasteiger charge is 2.38. The molecule has 262 valence electrons. The van der Waals surface area contributed by atoms with Crippen LogP contribution in [0.4, 0.5) is 14.6 Å². The van der Waals surface area contributed by atoms with E-state index in [9.17, 15) is 14.3 Å². The van der Waals surface area contributed by atoms with Crippen LogP contribution < -0.4 is 9.64 Å². The highest BCUT2D eigenvalue weighted by Crippen LogP contribution is 2.42. The van der Waals surface area contributed by atoms with Crippen LogP contribution in [0.3, 0.4) is 0 Å². The van der Waals surface area contributed by atoms with Gasteiger partial charge in [0.2, 0.25) is 0 Å². The number of pyridine rings is 1. The summed E-state index contributed by atoms with van der Waals surface area (Å²) in [5.74, 6) is -1.59. The van der Waals surface area contributed by atoms with E-state index in [0.29, 0.717) is 48.6 Å². The summed E-state index contributed by atoms with van der Waals surface area (Å²) in [7, 11) is 0. The molecule has 1 N–H and O–H groups in total. The molecular formula is C39H47F2N3O5. The molecule has 10 heteroatoms. The minimum atomic E-state index is -1.22. The highest BCUT2D eigenvalue weighted by atomic mass is 19.1. The number of hydrogen-bond donors (Lipinski definition) is 1. The summed E-state index contributed by atoms with van der Waals surface area (Å²) in [5, 5.41) is 10.6. The lowest BCUT2D eigenvalue weighted by Gasteiger charge is -2.42. The standard InChI is InChI=1S/C39H47F2N3O5/c1-23-11-8-9-18-47-39(7)14-16-43(17-15-39)36-32(34(37(45)46)49-38(4,5)6)24(2)25(3)35-42-30(22-44(35)36)26-12-10-13-27(19-26)33-29(41)20-28(40)21-31(33)48-23/h10,12-13,19-23,34H,8-9,11,14-18H2,1-7H3,(H,45,46)/t23-,34-/m0/s1. The van der Waals surface area contributed by atoms with Gasteiger partial charge in [0, 0.05) is 49.2 Å². The Labute approximate surface area is 287 Å². The molecule has 1 fully saturated rings. The Morgan fingerprint density at radius 3 is 2.49 bits per heavy atom.